The second-order valence-electron chi connectivity index (χ2n) is 10.7. The molecule has 1 N–H and O–H groups in total. The van der Waals surface area contributed by atoms with Gasteiger partial charge in [-0.3, -0.25) is 4.57 Å². The third kappa shape index (κ3) is 6.05. The van der Waals surface area contributed by atoms with Gasteiger partial charge in [-0.05, 0) is 78.6 Å². The first-order valence-corrected chi connectivity index (χ1v) is 17.1. The Morgan fingerprint density at radius 2 is 1.29 bits per heavy atom. The summed E-state index contributed by atoms with van der Waals surface area (Å²) in [4.78, 5) is 5.23. The van der Waals surface area contributed by atoms with Crippen LogP contribution in [0.25, 0.3) is 39.3 Å². The highest BCUT2D eigenvalue weighted by Crippen LogP contribution is 2.40. The zero-order valence-corrected chi connectivity index (χ0v) is 25.8. The fraction of sp³-hybridized carbons (Fsp3) is 0.156. The summed E-state index contributed by atoms with van der Waals surface area (Å²) in [6.45, 7) is 3.29. The summed E-state index contributed by atoms with van der Waals surface area (Å²) in [6, 6.07) is 26.3. The number of hydrogen-bond acceptors (Lipinski definition) is 6. The van der Waals surface area contributed by atoms with Crippen LogP contribution in [0.15, 0.2) is 107 Å². The molecule has 0 bridgehead atoms. The third-order valence-corrected chi connectivity index (χ3v) is 9.42. The number of benzene rings is 4. The first-order chi connectivity index (χ1) is 19.6. The largest absolute Gasteiger partial charge is 0.384 e. The molecule has 4 aromatic carbocycles. The van der Waals surface area contributed by atoms with E-state index < -0.39 is 25.3 Å². The number of sulfone groups is 2. The summed E-state index contributed by atoms with van der Waals surface area (Å²) in [5, 5.41) is 11.3. The Bertz CT molecular complexity index is 2030. The van der Waals surface area contributed by atoms with E-state index in [1.807, 2.05) is 47.0 Å². The lowest BCUT2D eigenvalue weighted by Gasteiger charge is -2.15. The summed E-state index contributed by atoms with van der Waals surface area (Å²) in [5.41, 5.74) is 3.36. The van der Waals surface area contributed by atoms with Crippen molar-refractivity contribution in [2.75, 3.05) is 12.5 Å². The molecule has 1 heterocycles. The molecule has 42 heavy (non-hydrogen) atoms. The monoisotopic (exact) mass is 620 g/mol. The average Bonchev–Trinajstić information content (AvgIpc) is 3.38. The molecule has 0 atom stereocenters. The maximum Gasteiger partial charge on any atom is 0.175 e. The normalized spacial score (nSPS) is 12.4. The summed E-state index contributed by atoms with van der Waals surface area (Å²) in [7, 11) is -6.80. The van der Waals surface area contributed by atoms with Crippen LogP contribution in [-0.2, 0) is 25.3 Å². The van der Waals surface area contributed by atoms with Crippen molar-refractivity contribution in [3.05, 3.63) is 108 Å². The number of hydrogen-bond donors (Lipinski definition) is 1. The van der Waals surface area contributed by atoms with E-state index in [-0.39, 0.29) is 9.79 Å². The van der Waals surface area contributed by atoms with Gasteiger partial charge in [-0.15, -0.1) is 0 Å². The van der Waals surface area contributed by atoms with E-state index in [4.69, 9.17) is 16.6 Å². The second kappa shape index (κ2) is 10.8. The van der Waals surface area contributed by atoms with Crippen LogP contribution in [0.3, 0.4) is 0 Å². The maximum absolute atomic E-state index is 12.3. The van der Waals surface area contributed by atoms with Crippen LogP contribution in [0.5, 0.6) is 0 Å². The smallest absolute Gasteiger partial charge is 0.175 e. The molecule has 1 aromatic heterocycles. The van der Waals surface area contributed by atoms with Crippen molar-refractivity contribution in [2.24, 2.45) is 0 Å². The standard InChI is InChI=1S/C32H29ClN2O5S2/c1-32(2,36)29-20-35(24-16-14-21(15-17-24)22-8-5-10-25(18-22)41(3,37)38)31(34-29)30-27(12-7-13-28(30)33)23-9-6-11-26(19-23)42(4,39)40/h5-20,36H,1-4H3. The first-order valence-electron chi connectivity index (χ1n) is 13.0. The van der Waals surface area contributed by atoms with Crippen LogP contribution in [-0.4, -0.2) is 44.0 Å². The van der Waals surface area contributed by atoms with Gasteiger partial charge in [-0.1, -0.05) is 60.1 Å². The number of halogens is 1. The van der Waals surface area contributed by atoms with E-state index in [0.29, 0.717) is 33.2 Å². The fourth-order valence-electron chi connectivity index (χ4n) is 4.66. The number of aromatic nitrogens is 2. The minimum absolute atomic E-state index is 0.182. The minimum atomic E-state index is -3.45. The topological polar surface area (TPSA) is 106 Å². The molecule has 7 nitrogen and oxygen atoms in total. The lowest BCUT2D eigenvalue weighted by atomic mass is 9.99. The Morgan fingerprint density at radius 1 is 0.738 bits per heavy atom. The van der Waals surface area contributed by atoms with Gasteiger partial charge in [0.15, 0.2) is 19.7 Å². The molecule has 0 spiro atoms. The van der Waals surface area contributed by atoms with Gasteiger partial charge in [0.1, 0.15) is 11.4 Å². The molecule has 10 heteroatoms. The van der Waals surface area contributed by atoms with Crippen molar-refractivity contribution in [1.29, 1.82) is 0 Å². The SMILES string of the molecule is CC(C)(O)c1cn(-c2ccc(-c3cccc(S(C)(=O)=O)c3)cc2)c(-c2c(Cl)cccc2-c2cccc(S(C)(=O)=O)c2)n1. The summed E-state index contributed by atoms with van der Waals surface area (Å²) < 4.78 is 50.5. The molecule has 0 fully saturated rings. The summed E-state index contributed by atoms with van der Waals surface area (Å²) >= 11 is 6.80. The average molecular weight is 621 g/mol. The molecule has 0 aliphatic carbocycles. The zero-order chi connectivity index (χ0) is 30.4. The van der Waals surface area contributed by atoms with Crippen LogP contribution in [0.2, 0.25) is 5.02 Å². The second-order valence-corrected chi connectivity index (χ2v) is 15.1. The van der Waals surface area contributed by atoms with Gasteiger partial charge in [0.2, 0.25) is 0 Å². The molecular formula is C32H29ClN2O5S2. The Morgan fingerprint density at radius 3 is 1.86 bits per heavy atom. The molecule has 0 saturated carbocycles. The molecular weight excluding hydrogens is 592 g/mol. The molecule has 0 saturated heterocycles. The van der Waals surface area contributed by atoms with E-state index in [9.17, 15) is 21.9 Å². The highest BCUT2D eigenvalue weighted by molar-refractivity contribution is 7.91. The quantitative estimate of drug-likeness (QED) is 0.221. The van der Waals surface area contributed by atoms with Crippen molar-refractivity contribution in [2.45, 2.75) is 29.2 Å². The summed E-state index contributed by atoms with van der Waals surface area (Å²) in [5.74, 6) is 0.462. The molecule has 0 unspecified atom stereocenters. The van der Waals surface area contributed by atoms with Gasteiger partial charge < -0.3 is 5.11 Å². The van der Waals surface area contributed by atoms with Gasteiger partial charge in [0.05, 0.1) is 20.5 Å². The van der Waals surface area contributed by atoms with Crippen LogP contribution in [0.4, 0.5) is 0 Å². The molecule has 0 radical (unpaired) electrons. The van der Waals surface area contributed by atoms with Crippen LogP contribution >= 0.6 is 11.6 Å². The fourth-order valence-corrected chi connectivity index (χ4v) is 6.25. The number of imidazole rings is 1. The molecule has 0 aliphatic rings. The minimum Gasteiger partial charge on any atom is -0.384 e. The van der Waals surface area contributed by atoms with Crippen LogP contribution < -0.4 is 0 Å². The predicted octanol–water partition coefficient (Wildman–Crippen LogP) is 6.56. The Hall–Kier alpha value is -3.76. The van der Waals surface area contributed by atoms with Crippen molar-refractivity contribution in [3.8, 4) is 39.3 Å². The van der Waals surface area contributed by atoms with Crippen molar-refractivity contribution in [3.63, 3.8) is 0 Å². The van der Waals surface area contributed by atoms with Crippen LogP contribution in [0, 0.1) is 0 Å². The summed E-state index contributed by atoms with van der Waals surface area (Å²) in [6.07, 6.45) is 4.08. The molecule has 5 aromatic rings. The van der Waals surface area contributed by atoms with E-state index in [1.54, 1.807) is 68.6 Å². The molecule has 5 rings (SSSR count). The number of nitrogens with zero attached hydrogens (tertiary/aromatic N) is 2. The van der Waals surface area contributed by atoms with Gasteiger partial charge in [0.25, 0.3) is 0 Å². The maximum atomic E-state index is 12.3. The Kier molecular flexibility index (Phi) is 7.66. The lowest BCUT2D eigenvalue weighted by Crippen LogP contribution is -2.15. The van der Waals surface area contributed by atoms with E-state index >= 15 is 0 Å². The van der Waals surface area contributed by atoms with Crippen molar-refractivity contribution < 1.29 is 21.9 Å². The molecule has 0 aliphatic heterocycles. The molecule has 216 valence electrons. The highest BCUT2D eigenvalue weighted by Gasteiger charge is 2.26. The predicted molar refractivity (Wildman–Crippen MR) is 166 cm³/mol. The van der Waals surface area contributed by atoms with Crippen molar-refractivity contribution >= 4 is 31.3 Å². The van der Waals surface area contributed by atoms with Gasteiger partial charge >= 0.3 is 0 Å². The van der Waals surface area contributed by atoms with E-state index in [0.717, 1.165) is 23.1 Å². The van der Waals surface area contributed by atoms with Gasteiger partial charge in [-0.25, -0.2) is 21.8 Å². The Balaban J connectivity index is 1.68. The van der Waals surface area contributed by atoms with Crippen molar-refractivity contribution in [1.82, 2.24) is 9.55 Å². The van der Waals surface area contributed by atoms with E-state index in [2.05, 4.69) is 0 Å². The Labute approximate surface area is 250 Å². The highest BCUT2D eigenvalue weighted by atomic mass is 35.5. The van der Waals surface area contributed by atoms with E-state index in [1.165, 1.54) is 6.26 Å². The number of aliphatic hydroxyl groups is 1. The van der Waals surface area contributed by atoms with Gasteiger partial charge in [0, 0.05) is 30.0 Å². The third-order valence-electron chi connectivity index (χ3n) is 6.88. The molecule has 0 amide bonds. The number of rotatable bonds is 7. The zero-order valence-electron chi connectivity index (χ0n) is 23.4. The van der Waals surface area contributed by atoms with Crippen LogP contribution in [0.1, 0.15) is 19.5 Å². The lowest BCUT2D eigenvalue weighted by molar-refractivity contribution is 0.0743. The first kappa shape index (κ1) is 29.7. The van der Waals surface area contributed by atoms with Gasteiger partial charge in [-0.2, -0.15) is 0 Å².